The highest BCUT2D eigenvalue weighted by Gasteiger charge is 2.12. The minimum absolute atomic E-state index is 0.856. The van der Waals surface area contributed by atoms with Crippen LogP contribution in [-0.2, 0) is 13.1 Å². The van der Waals surface area contributed by atoms with E-state index in [1.54, 1.807) is 6.20 Å². The molecule has 0 aliphatic carbocycles. The molecule has 10 heavy (non-hydrogen) atoms. The molecule has 0 fully saturated rings. The minimum atomic E-state index is 0.856. The van der Waals surface area contributed by atoms with Gasteiger partial charge in [0.2, 0.25) is 0 Å². The number of nitrogen functional groups attached to an aromatic ring is 1. The molecule has 1 aliphatic rings. The molecule has 3 nitrogen and oxygen atoms in total. The SMILES string of the molecule is Nc1ccnc2c1CNC2. The van der Waals surface area contributed by atoms with Crippen LogP contribution >= 0.6 is 0 Å². The zero-order valence-electron chi connectivity index (χ0n) is 5.59. The van der Waals surface area contributed by atoms with Gasteiger partial charge in [-0.05, 0) is 6.07 Å². The molecule has 52 valence electrons. The molecule has 0 amide bonds. The molecule has 0 radical (unpaired) electrons. The molecule has 0 bridgehead atoms. The molecule has 0 saturated carbocycles. The van der Waals surface area contributed by atoms with Gasteiger partial charge in [-0.15, -0.1) is 0 Å². The van der Waals surface area contributed by atoms with Crippen LogP contribution in [0.5, 0.6) is 0 Å². The Kier molecular flexibility index (Phi) is 1.11. The Hall–Kier alpha value is -1.09. The third kappa shape index (κ3) is 0.675. The molecular formula is C7H9N3. The van der Waals surface area contributed by atoms with Crippen LogP contribution in [0.3, 0.4) is 0 Å². The van der Waals surface area contributed by atoms with Crippen LogP contribution in [0.2, 0.25) is 0 Å². The van der Waals surface area contributed by atoms with Crippen molar-refractivity contribution in [3.8, 4) is 0 Å². The maximum atomic E-state index is 5.69. The second kappa shape index (κ2) is 1.95. The average Bonchev–Trinajstić information content (AvgIpc) is 2.36. The molecule has 0 saturated heterocycles. The summed E-state index contributed by atoms with van der Waals surface area (Å²) < 4.78 is 0. The van der Waals surface area contributed by atoms with Gasteiger partial charge < -0.3 is 11.1 Å². The number of pyridine rings is 1. The number of nitrogens with two attached hydrogens (primary N) is 1. The van der Waals surface area contributed by atoms with Gasteiger partial charge in [0, 0.05) is 30.5 Å². The lowest BCUT2D eigenvalue weighted by molar-refractivity contribution is 0.758. The monoisotopic (exact) mass is 135 g/mol. The van der Waals surface area contributed by atoms with E-state index < -0.39 is 0 Å². The Morgan fingerprint density at radius 1 is 1.50 bits per heavy atom. The van der Waals surface area contributed by atoms with Gasteiger partial charge in [-0.25, -0.2) is 0 Å². The van der Waals surface area contributed by atoms with Crippen molar-refractivity contribution in [2.45, 2.75) is 13.1 Å². The summed E-state index contributed by atoms with van der Waals surface area (Å²) in [5, 5.41) is 3.19. The van der Waals surface area contributed by atoms with Gasteiger partial charge in [0.25, 0.3) is 0 Å². The zero-order chi connectivity index (χ0) is 6.97. The Balaban J connectivity index is 2.59. The quantitative estimate of drug-likeness (QED) is 0.536. The Morgan fingerprint density at radius 3 is 3.20 bits per heavy atom. The van der Waals surface area contributed by atoms with Crippen LogP contribution in [0, 0.1) is 0 Å². The second-order valence-electron chi connectivity index (χ2n) is 2.43. The topological polar surface area (TPSA) is 50.9 Å². The van der Waals surface area contributed by atoms with E-state index in [2.05, 4.69) is 10.3 Å². The highest BCUT2D eigenvalue weighted by Crippen LogP contribution is 2.18. The van der Waals surface area contributed by atoms with Crippen LogP contribution in [0.1, 0.15) is 11.3 Å². The van der Waals surface area contributed by atoms with Crippen molar-refractivity contribution in [1.82, 2.24) is 10.3 Å². The Morgan fingerprint density at radius 2 is 2.40 bits per heavy atom. The van der Waals surface area contributed by atoms with Crippen molar-refractivity contribution in [2.75, 3.05) is 5.73 Å². The molecule has 2 heterocycles. The van der Waals surface area contributed by atoms with Crippen molar-refractivity contribution in [3.63, 3.8) is 0 Å². The third-order valence-corrected chi connectivity index (χ3v) is 1.78. The highest BCUT2D eigenvalue weighted by molar-refractivity contribution is 5.49. The van der Waals surface area contributed by atoms with Crippen LogP contribution < -0.4 is 11.1 Å². The summed E-state index contributed by atoms with van der Waals surface area (Å²) in [5.74, 6) is 0. The van der Waals surface area contributed by atoms with E-state index in [1.807, 2.05) is 6.07 Å². The molecule has 0 atom stereocenters. The Bertz CT molecular complexity index is 257. The molecule has 1 aromatic heterocycles. The smallest absolute Gasteiger partial charge is 0.0607 e. The van der Waals surface area contributed by atoms with Crippen molar-refractivity contribution in [3.05, 3.63) is 23.5 Å². The van der Waals surface area contributed by atoms with Crippen molar-refractivity contribution < 1.29 is 0 Å². The number of nitrogens with one attached hydrogen (secondary N) is 1. The van der Waals surface area contributed by atoms with E-state index in [0.717, 1.165) is 24.5 Å². The van der Waals surface area contributed by atoms with E-state index in [4.69, 9.17) is 5.73 Å². The van der Waals surface area contributed by atoms with E-state index in [1.165, 1.54) is 5.56 Å². The minimum Gasteiger partial charge on any atom is -0.398 e. The van der Waals surface area contributed by atoms with Gasteiger partial charge in [-0.2, -0.15) is 0 Å². The summed E-state index contributed by atoms with van der Waals surface area (Å²) >= 11 is 0. The number of anilines is 1. The fraction of sp³-hybridized carbons (Fsp3) is 0.286. The maximum absolute atomic E-state index is 5.69. The average molecular weight is 135 g/mol. The molecular weight excluding hydrogens is 126 g/mol. The number of hydrogen-bond donors (Lipinski definition) is 2. The van der Waals surface area contributed by atoms with Crippen LogP contribution in [0.4, 0.5) is 5.69 Å². The third-order valence-electron chi connectivity index (χ3n) is 1.78. The van der Waals surface area contributed by atoms with Crippen LogP contribution in [-0.4, -0.2) is 4.98 Å². The number of fused-ring (bicyclic) bond motifs is 1. The molecule has 1 aliphatic heterocycles. The second-order valence-corrected chi connectivity index (χ2v) is 2.43. The van der Waals surface area contributed by atoms with E-state index >= 15 is 0 Å². The van der Waals surface area contributed by atoms with Gasteiger partial charge in [0.05, 0.1) is 5.69 Å². The Labute approximate surface area is 59.3 Å². The summed E-state index contributed by atoms with van der Waals surface area (Å²) in [7, 11) is 0. The van der Waals surface area contributed by atoms with E-state index in [0.29, 0.717) is 0 Å². The first-order chi connectivity index (χ1) is 4.88. The van der Waals surface area contributed by atoms with Crippen molar-refractivity contribution in [1.29, 1.82) is 0 Å². The summed E-state index contributed by atoms with van der Waals surface area (Å²) in [5.41, 5.74) is 8.81. The fourth-order valence-corrected chi connectivity index (χ4v) is 1.21. The first-order valence-electron chi connectivity index (χ1n) is 3.31. The lowest BCUT2D eigenvalue weighted by Gasteiger charge is -1.98. The maximum Gasteiger partial charge on any atom is 0.0607 e. The van der Waals surface area contributed by atoms with Gasteiger partial charge in [-0.3, -0.25) is 4.98 Å². The molecule has 2 rings (SSSR count). The van der Waals surface area contributed by atoms with Crippen molar-refractivity contribution in [2.24, 2.45) is 0 Å². The predicted octanol–water partition coefficient (Wildman–Crippen LogP) is 0.267. The summed E-state index contributed by atoms with van der Waals surface area (Å²) in [6.07, 6.45) is 1.75. The lowest BCUT2D eigenvalue weighted by Crippen LogP contribution is -2.00. The van der Waals surface area contributed by atoms with Gasteiger partial charge >= 0.3 is 0 Å². The highest BCUT2D eigenvalue weighted by atomic mass is 14.9. The zero-order valence-corrected chi connectivity index (χ0v) is 5.59. The lowest BCUT2D eigenvalue weighted by atomic mass is 10.2. The first kappa shape index (κ1) is 5.68. The molecule has 0 spiro atoms. The number of rotatable bonds is 0. The normalized spacial score (nSPS) is 15.2. The van der Waals surface area contributed by atoms with Gasteiger partial charge in [0.15, 0.2) is 0 Å². The van der Waals surface area contributed by atoms with Gasteiger partial charge in [0.1, 0.15) is 0 Å². The summed E-state index contributed by atoms with van der Waals surface area (Å²) in [6.45, 7) is 1.73. The van der Waals surface area contributed by atoms with Crippen LogP contribution in [0.25, 0.3) is 0 Å². The molecule has 3 N–H and O–H groups in total. The number of hydrogen-bond acceptors (Lipinski definition) is 3. The van der Waals surface area contributed by atoms with E-state index in [9.17, 15) is 0 Å². The fourth-order valence-electron chi connectivity index (χ4n) is 1.21. The largest absolute Gasteiger partial charge is 0.398 e. The van der Waals surface area contributed by atoms with E-state index in [-0.39, 0.29) is 0 Å². The molecule has 0 aromatic carbocycles. The molecule has 1 aromatic rings. The summed E-state index contributed by atoms with van der Waals surface area (Å²) in [4.78, 5) is 4.18. The molecule has 3 heteroatoms. The van der Waals surface area contributed by atoms with Gasteiger partial charge in [-0.1, -0.05) is 0 Å². The number of nitrogens with zero attached hydrogens (tertiary/aromatic N) is 1. The number of aromatic nitrogens is 1. The van der Waals surface area contributed by atoms with Crippen LogP contribution in [0.15, 0.2) is 12.3 Å². The van der Waals surface area contributed by atoms with Crippen molar-refractivity contribution >= 4 is 5.69 Å². The molecule has 0 unspecified atom stereocenters. The first-order valence-corrected chi connectivity index (χ1v) is 3.31. The predicted molar refractivity (Wildman–Crippen MR) is 39.2 cm³/mol. The standard InChI is InChI=1S/C7H9N3/c8-6-1-2-10-7-4-9-3-5(6)7/h1-2,9H,3-4H2,(H2,8,10). The summed E-state index contributed by atoms with van der Waals surface area (Å²) in [6, 6.07) is 1.84.